The molecule has 0 aliphatic carbocycles. The van der Waals surface area contributed by atoms with Gasteiger partial charge in [0.15, 0.2) is 0 Å². The predicted molar refractivity (Wildman–Crippen MR) is 79.0 cm³/mol. The highest BCUT2D eigenvalue weighted by Crippen LogP contribution is 2.35. The van der Waals surface area contributed by atoms with Crippen molar-refractivity contribution in [3.8, 4) is 11.5 Å². The maximum Gasteiger partial charge on any atom is 0.127 e. The summed E-state index contributed by atoms with van der Waals surface area (Å²) < 4.78 is 10.8. The topological polar surface area (TPSA) is 56.5 Å². The molecule has 4 nitrogen and oxygen atoms in total. The normalized spacial score (nSPS) is 13.2. The second kappa shape index (κ2) is 6.26. The molecule has 1 rings (SSSR count). The molecule has 0 radical (unpaired) electrons. The lowest BCUT2D eigenvalue weighted by Gasteiger charge is -2.28. The number of rotatable bonds is 6. The average molecular weight is 266 g/mol. The van der Waals surface area contributed by atoms with Gasteiger partial charge in [0.1, 0.15) is 11.5 Å². The highest BCUT2D eigenvalue weighted by atomic mass is 16.5. The van der Waals surface area contributed by atoms with E-state index in [2.05, 4.69) is 12.2 Å². The van der Waals surface area contributed by atoms with Gasteiger partial charge in [-0.15, -0.1) is 0 Å². The monoisotopic (exact) mass is 266 g/mol. The van der Waals surface area contributed by atoms with Crippen molar-refractivity contribution in [1.82, 2.24) is 5.32 Å². The number of aryl methyl sites for hydroxylation is 1. The summed E-state index contributed by atoms with van der Waals surface area (Å²) in [5.74, 6) is 1.64. The molecule has 0 heterocycles. The predicted octanol–water partition coefficient (Wildman–Crippen LogP) is 2.40. The van der Waals surface area contributed by atoms with E-state index in [0.717, 1.165) is 29.0 Å². The van der Waals surface area contributed by atoms with Crippen molar-refractivity contribution in [2.45, 2.75) is 38.8 Å². The molecule has 3 N–H and O–H groups in total. The summed E-state index contributed by atoms with van der Waals surface area (Å²) in [5.41, 5.74) is 8.18. The SMILES string of the molecule is CNC(CC(C)(C)N)c1c(C)cc(OC)cc1OC. The fraction of sp³-hybridized carbons (Fsp3) is 0.600. The Bertz CT molecular complexity index is 425. The van der Waals surface area contributed by atoms with E-state index in [1.807, 2.05) is 33.0 Å². The van der Waals surface area contributed by atoms with Crippen molar-refractivity contribution in [1.29, 1.82) is 0 Å². The lowest BCUT2D eigenvalue weighted by molar-refractivity contribution is 0.362. The second-order valence-electron chi connectivity index (χ2n) is 5.59. The van der Waals surface area contributed by atoms with Crippen LogP contribution in [0.5, 0.6) is 11.5 Å². The van der Waals surface area contributed by atoms with Gasteiger partial charge in [0.05, 0.1) is 14.2 Å². The number of nitrogens with one attached hydrogen (secondary N) is 1. The zero-order valence-electron chi connectivity index (χ0n) is 12.8. The third-order valence-electron chi connectivity index (χ3n) is 3.21. The van der Waals surface area contributed by atoms with Crippen LogP contribution in [0.15, 0.2) is 12.1 Å². The molecule has 0 fully saturated rings. The summed E-state index contributed by atoms with van der Waals surface area (Å²) in [6, 6.07) is 4.09. The first kappa shape index (κ1) is 15.8. The molecule has 1 unspecified atom stereocenters. The Hall–Kier alpha value is -1.26. The molecule has 0 saturated carbocycles. The number of hydrogen-bond acceptors (Lipinski definition) is 4. The van der Waals surface area contributed by atoms with Gasteiger partial charge in [-0.1, -0.05) is 0 Å². The lowest BCUT2D eigenvalue weighted by atomic mass is 9.89. The van der Waals surface area contributed by atoms with Gasteiger partial charge >= 0.3 is 0 Å². The van der Waals surface area contributed by atoms with Gasteiger partial charge < -0.3 is 20.5 Å². The van der Waals surface area contributed by atoms with E-state index in [0.29, 0.717) is 0 Å². The van der Waals surface area contributed by atoms with E-state index in [1.54, 1.807) is 14.2 Å². The van der Waals surface area contributed by atoms with Gasteiger partial charge in [0, 0.05) is 23.2 Å². The van der Waals surface area contributed by atoms with Crippen LogP contribution in [-0.2, 0) is 0 Å². The van der Waals surface area contributed by atoms with Gasteiger partial charge in [-0.25, -0.2) is 0 Å². The molecular formula is C15H26N2O2. The minimum absolute atomic E-state index is 0.154. The van der Waals surface area contributed by atoms with Crippen molar-refractivity contribution in [2.24, 2.45) is 5.73 Å². The molecule has 4 heteroatoms. The molecular weight excluding hydrogens is 240 g/mol. The molecule has 0 bridgehead atoms. The van der Waals surface area contributed by atoms with Crippen molar-refractivity contribution < 1.29 is 9.47 Å². The first-order valence-electron chi connectivity index (χ1n) is 6.51. The standard InChI is InChI=1S/C15H26N2O2/c1-10-7-11(18-5)8-13(19-6)14(10)12(17-4)9-15(2,3)16/h7-8,12,17H,9,16H2,1-6H3. The number of ether oxygens (including phenoxy) is 2. The maximum atomic E-state index is 6.14. The van der Waals surface area contributed by atoms with Crippen LogP contribution in [0.3, 0.4) is 0 Å². The third kappa shape index (κ3) is 4.11. The van der Waals surface area contributed by atoms with Crippen molar-refractivity contribution in [2.75, 3.05) is 21.3 Å². The van der Waals surface area contributed by atoms with Crippen molar-refractivity contribution >= 4 is 0 Å². The van der Waals surface area contributed by atoms with Gasteiger partial charge in [0.25, 0.3) is 0 Å². The molecule has 0 amide bonds. The fourth-order valence-electron chi connectivity index (χ4n) is 2.34. The van der Waals surface area contributed by atoms with E-state index in [1.165, 1.54) is 0 Å². The van der Waals surface area contributed by atoms with Gasteiger partial charge in [-0.05, 0) is 45.9 Å². The van der Waals surface area contributed by atoms with Crippen LogP contribution in [0, 0.1) is 6.92 Å². The van der Waals surface area contributed by atoms with E-state index in [4.69, 9.17) is 15.2 Å². The van der Waals surface area contributed by atoms with E-state index in [-0.39, 0.29) is 11.6 Å². The van der Waals surface area contributed by atoms with Gasteiger partial charge in [-0.2, -0.15) is 0 Å². The number of methoxy groups -OCH3 is 2. The first-order chi connectivity index (χ1) is 8.82. The van der Waals surface area contributed by atoms with Crippen LogP contribution in [0.1, 0.15) is 37.4 Å². The largest absolute Gasteiger partial charge is 0.497 e. The van der Waals surface area contributed by atoms with Crippen molar-refractivity contribution in [3.63, 3.8) is 0 Å². The van der Waals surface area contributed by atoms with E-state index >= 15 is 0 Å². The summed E-state index contributed by atoms with van der Waals surface area (Å²) in [6.45, 7) is 6.12. The highest BCUT2D eigenvalue weighted by Gasteiger charge is 2.24. The first-order valence-corrected chi connectivity index (χ1v) is 6.51. The molecule has 0 spiro atoms. The molecule has 0 saturated heterocycles. The molecule has 0 aromatic heterocycles. The number of benzene rings is 1. The highest BCUT2D eigenvalue weighted by molar-refractivity contribution is 5.48. The molecule has 108 valence electrons. The zero-order valence-corrected chi connectivity index (χ0v) is 12.8. The zero-order chi connectivity index (χ0) is 14.6. The van der Waals surface area contributed by atoms with Crippen LogP contribution in [-0.4, -0.2) is 26.8 Å². The van der Waals surface area contributed by atoms with Crippen LogP contribution in [0.2, 0.25) is 0 Å². The summed E-state index contributed by atoms with van der Waals surface area (Å²) >= 11 is 0. The number of nitrogens with two attached hydrogens (primary N) is 1. The second-order valence-corrected chi connectivity index (χ2v) is 5.59. The van der Waals surface area contributed by atoms with Gasteiger partial charge in [0.2, 0.25) is 0 Å². The Labute approximate surface area is 116 Å². The molecule has 0 aliphatic heterocycles. The number of hydrogen-bond donors (Lipinski definition) is 2. The quantitative estimate of drug-likeness (QED) is 0.830. The van der Waals surface area contributed by atoms with Crippen LogP contribution in [0.25, 0.3) is 0 Å². The molecule has 1 aromatic carbocycles. The minimum Gasteiger partial charge on any atom is -0.497 e. The minimum atomic E-state index is -0.245. The Morgan fingerprint density at radius 1 is 1.26 bits per heavy atom. The maximum absolute atomic E-state index is 6.14. The Balaban J connectivity index is 3.22. The van der Waals surface area contributed by atoms with Crippen LogP contribution < -0.4 is 20.5 Å². The summed E-state index contributed by atoms with van der Waals surface area (Å²) in [7, 11) is 5.28. The fourth-order valence-corrected chi connectivity index (χ4v) is 2.34. The van der Waals surface area contributed by atoms with Crippen molar-refractivity contribution in [3.05, 3.63) is 23.3 Å². The average Bonchev–Trinajstić information content (AvgIpc) is 2.34. The van der Waals surface area contributed by atoms with E-state index < -0.39 is 0 Å². The smallest absolute Gasteiger partial charge is 0.127 e. The molecule has 1 atom stereocenters. The Kier molecular flexibility index (Phi) is 5.20. The van der Waals surface area contributed by atoms with Gasteiger partial charge in [-0.3, -0.25) is 0 Å². The lowest BCUT2D eigenvalue weighted by Crippen LogP contribution is -2.37. The molecule has 0 aliphatic rings. The third-order valence-corrected chi connectivity index (χ3v) is 3.21. The molecule has 19 heavy (non-hydrogen) atoms. The summed E-state index contributed by atoms with van der Waals surface area (Å²) in [4.78, 5) is 0. The summed E-state index contributed by atoms with van der Waals surface area (Å²) in [6.07, 6.45) is 0.826. The molecule has 1 aromatic rings. The van der Waals surface area contributed by atoms with Crippen LogP contribution in [0.4, 0.5) is 0 Å². The Morgan fingerprint density at radius 3 is 2.32 bits per heavy atom. The Morgan fingerprint density at radius 2 is 1.89 bits per heavy atom. The van der Waals surface area contributed by atoms with E-state index in [9.17, 15) is 0 Å². The summed E-state index contributed by atoms with van der Waals surface area (Å²) in [5, 5.41) is 3.33. The van der Waals surface area contributed by atoms with Crippen LogP contribution >= 0.6 is 0 Å².